The lowest BCUT2D eigenvalue weighted by atomic mass is 10.2. The molecule has 0 aliphatic heterocycles. The highest BCUT2D eigenvalue weighted by molar-refractivity contribution is 7.89. The number of sulfonamides is 1. The first-order valence-corrected chi connectivity index (χ1v) is 9.45. The third-order valence-electron chi connectivity index (χ3n) is 3.96. The zero-order chi connectivity index (χ0) is 17.7. The van der Waals surface area contributed by atoms with E-state index < -0.39 is 15.8 Å². The summed E-state index contributed by atoms with van der Waals surface area (Å²) < 4.78 is 40.4. The maximum atomic E-state index is 13.1. The van der Waals surface area contributed by atoms with Crippen molar-refractivity contribution in [3.8, 4) is 0 Å². The van der Waals surface area contributed by atoms with E-state index in [-0.39, 0.29) is 11.4 Å². The lowest BCUT2D eigenvalue weighted by molar-refractivity contribution is 0.579. The van der Waals surface area contributed by atoms with E-state index in [1.807, 2.05) is 24.3 Å². The minimum atomic E-state index is -3.67. The molecule has 0 saturated carbocycles. The Bertz CT molecular complexity index is 785. The van der Waals surface area contributed by atoms with E-state index in [1.54, 1.807) is 6.92 Å². The Morgan fingerprint density at radius 3 is 2.21 bits per heavy atom. The van der Waals surface area contributed by atoms with Crippen LogP contribution < -0.4 is 9.62 Å². The third-order valence-corrected chi connectivity index (χ3v) is 5.52. The molecule has 0 aromatic heterocycles. The maximum absolute atomic E-state index is 13.1. The van der Waals surface area contributed by atoms with Gasteiger partial charge in [0.1, 0.15) is 5.82 Å². The summed E-state index contributed by atoms with van der Waals surface area (Å²) in [5.41, 5.74) is 2.37. The van der Waals surface area contributed by atoms with Gasteiger partial charge in [-0.2, -0.15) is 0 Å². The molecule has 0 fully saturated rings. The van der Waals surface area contributed by atoms with Crippen molar-refractivity contribution < 1.29 is 12.8 Å². The second kappa shape index (κ2) is 7.77. The van der Waals surface area contributed by atoms with Gasteiger partial charge >= 0.3 is 0 Å². The number of benzene rings is 2. The van der Waals surface area contributed by atoms with Gasteiger partial charge in [0.25, 0.3) is 0 Å². The van der Waals surface area contributed by atoms with E-state index in [2.05, 4.69) is 23.5 Å². The molecule has 0 aliphatic carbocycles. The molecule has 0 radical (unpaired) electrons. The summed E-state index contributed by atoms with van der Waals surface area (Å²) >= 11 is 0. The van der Waals surface area contributed by atoms with Crippen molar-refractivity contribution >= 4 is 15.7 Å². The van der Waals surface area contributed by atoms with Gasteiger partial charge in [0.05, 0.1) is 4.90 Å². The Kier molecular flexibility index (Phi) is 5.96. The summed E-state index contributed by atoms with van der Waals surface area (Å²) in [5, 5.41) is 0. The number of halogens is 1. The standard InChI is InChI=1S/C18H23FN2O2S/c1-4-21(5-2)17-9-6-15(7-10-17)13-20-24(22,23)18-11-8-16(19)12-14(18)3/h6-12,20H,4-5,13H2,1-3H3. The predicted octanol–water partition coefficient (Wildman–Crippen LogP) is 3.46. The molecule has 0 aliphatic rings. The van der Waals surface area contributed by atoms with Crippen molar-refractivity contribution in [1.29, 1.82) is 0 Å². The summed E-state index contributed by atoms with van der Waals surface area (Å²) in [7, 11) is -3.67. The summed E-state index contributed by atoms with van der Waals surface area (Å²) in [6.07, 6.45) is 0. The van der Waals surface area contributed by atoms with Gasteiger partial charge in [-0.15, -0.1) is 0 Å². The molecule has 130 valence electrons. The smallest absolute Gasteiger partial charge is 0.241 e. The lowest BCUT2D eigenvalue weighted by Gasteiger charge is -2.21. The molecule has 0 saturated heterocycles. The fourth-order valence-corrected chi connectivity index (χ4v) is 3.83. The van der Waals surface area contributed by atoms with Crippen molar-refractivity contribution in [2.24, 2.45) is 0 Å². The molecule has 0 heterocycles. The Labute approximate surface area is 143 Å². The largest absolute Gasteiger partial charge is 0.372 e. The molecule has 2 aromatic rings. The van der Waals surface area contributed by atoms with Gasteiger partial charge in [-0.05, 0) is 62.2 Å². The minimum absolute atomic E-state index is 0.101. The van der Waals surface area contributed by atoms with Crippen molar-refractivity contribution in [3.63, 3.8) is 0 Å². The van der Waals surface area contributed by atoms with Gasteiger partial charge < -0.3 is 4.90 Å². The fraction of sp³-hybridized carbons (Fsp3) is 0.333. The SMILES string of the molecule is CCN(CC)c1ccc(CNS(=O)(=O)c2ccc(F)cc2C)cc1. The monoisotopic (exact) mass is 350 g/mol. The van der Waals surface area contributed by atoms with Crippen LogP contribution in [0, 0.1) is 12.7 Å². The molecule has 1 N–H and O–H groups in total. The number of nitrogens with one attached hydrogen (secondary N) is 1. The molecule has 4 nitrogen and oxygen atoms in total. The predicted molar refractivity (Wildman–Crippen MR) is 95.2 cm³/mol. The number of anilines is 1. The molecule has 0 amide bonds. The van der Waals surface area contributed by atoms with Crippen molar-refractivity contribution in [3.05, 3.63) is 59.4 Å². The van der Waals surface area contributed by atoms with Crippen LogP contribution in [0.4, 0.5) is 10.1 Å². The van der Waals surface area contributed by atoms with Gasteiger partial charge in [0.2, 0.25) is 10.0 Å². The van der Waals surface area contributed by atoms with Gasteiger partial charge in [-0.1, -0.05) is 12.1 Å². The number of rotatable bonds is 7. The van der Waals surface area contributed by atoms with Crippen LogP contribution in [0.15, 0.2) is 47.4 Å². The molecule has 6 heteroatoms. The molecular weight excluding hydrogens is 327 g/mol. The Morgan fingerprint density at radius 1 is 1.04 bits per heavy atom. The fourth-order valence-electron chi connectivity index (χ4n) is 2.58. The van der Waals surface area contributed by atoms with Crippen LogP contribution in [0.2, 0.25) is 0 Å². The van der Waals surface area contributed by atoms with Crippen LogP contribution in [0.5, 0.6) is 0 Å². The van der Waals surface area contributed by atoms with Gasteiger partial charge in [0, 0.05) is 25.3 Å². The summed E-state index contributed by atoms with van der Waals surface area (Å²) in [6, 6.07) is 11.4. The number of hydrogen-bond acceptors (Lipinski definition) is 3. The average Bonchev–Trinajstić information content (AvgIpc) is 2.55. The average molecular weight is 350 g/mol. The van der Waals surface area contributed by atoms with Gasteiger partial charge in [0.15, 0.2) is 0 Å². The van der Waals surface area contributed by atoms with E-state index in [1.165, 1.54) is 12.1 Å². The van der Waals surface area contributed by atoms with Crippen LogP contribution in [0.3, 0.4) is 0 Å². The van der Waals surface area contributed by atoms with E-state index in [0.717, 1.165) is 30.4 Å². The zero-order valence-electron chi connectivity index (χ0n) is 14.2. The topological polar surface area (TPSA) is 49.4 Å². The molecule has 0 unspecified atom stereocenters. The molecule has 2 rings (SSSR count). The summed E-state index contributed by atoms with van der Waals surface area (Å²) in [4.78, 5) is 2.32. The normalized spacial score (nSPS) is 11.5. The quantitative estimate of drug-likeness (QED) is 0.832. The van der Waals surface area contributed by atoms with E-state index in [9.17, 15) is 12.8 Å². The Morgan fingerprint density at radius 2 is 1.67 bits per heavy atom. The van der Waals surface area contributed by atoms with E-state index in [4.69, 9.17) is 0 Å². The first kappa shape index (κ1) is 18.4. The van der Waals surface area contributed by atoms with Crippen molar-refractivity contribution in [1.82, 2.24) is 4.72 Å². The number of aryl methyl sites for hydroxylation is 1. The number of nitrogens with zero attached hydrogens (tertiary/aromatic N) is 1. The van der Waals surface area contributed by atoms with Gasteiger partial charge in [-0.25, -0.2) is 17.5 Å². The van der Waals surface area contributed by atoms with Crippen LogP contribution in [-0.2, 0) is 16.6 Å². The van der Waals surface area contributed by atoms with E-state index >= 15 is 0 Å². The lowest BCUT2D eigenvalue weighted by Crippen LogP contribution is -2.24. The zero-order valence-corrected chi connectivity index (χ0v) is 15.0. The van der Waals surface area contributed by atoms with Crippen molar-refractivity contribution in [2.45, 2.75) is 32.2 Å². The summed E-state index contributed by atoms with van der Waals surface area (Å²) in [5.74, 6) is -0.446. The van der Waals surface area contributed by atoms with Crippen LogP contribution in [0.25, 0.3) is 0 Å². The summed E-state index contributed by atoms with van der Waals surface area (Å²) in [6.45, 7) is 7.81. The molecule has 24 heavy (non-hydrogen) atoms. The van der Waals surface area contributed by atoms with Crippen LogP contribution in [-0.4, -0.2) is 21.5 Å². The van der Waals surface area contributed by atoms with E-state index in [0.29, 0.717) is 5.56 Å². The van der Waals surface area contributed by atoms with Crippen LogP contribution in [0.1, 0.15) is 25.0 Å². The third kappa shape index (κ3) is 4.33. The molecule has 0 atom stereocenters. The molecule has 2 aromatic carbocycles. The van der Waals surface area contributed by atoms with Crippen molar-refractivity contribution in [2.75, 3.05) is 18.0 Å². The Balaban J connectivity index is 2.09. The van der Waals surface area contributed by atoms with Gasteiger partial charge in [-0.3, -0.25) is 0 Å². The number of hydrogen-bond donors (Lipinski definition) is 1. The van der Waals surface area contributed by atoms with Crippen LogP contribution >= 0.6 is 0 Å². The maximum Gasteiger partial charge on any atom is 0.241 e. The molecule has 0 spiro atoms. The minimum Gasteiger partial charge on any atom is -0.372 e. The highest BCUT2D eigenvalue weighted by atomic mass is 32.2. The first-order valence-electron chi connectivity index (χ1n) is 7.97. The molecular formula is C18H23FN2O2S. The molecule has 0 bridgehead atoms. The second-order valence-corrected chi connectivity index (χ2v) is 7.31. The highest BCUT2D eigenvalue weighted by Gasteiger charge is 2.16. The Hall–Kier alpha value is -1.92. The first-order chi connectivity index (χ1) is 11.4. The highest BCUT2D eigenvalue weighted by Crippen LogP contribution is 2.18. The second-order valence-electron chi connectivity index (χ2n) is 5.57.